The van der Waals surface area contributed by atoms with Crippen LogP contribution in [0, 0.1) is 0 Å². The van der Waals surface area contributed by atoms with E-state index in [2.05, 4.69) is 5.48 Å². The Morgan fingerprint density at radius 1 is 1.31 bits per heavy atom. The lowest BCUT2D eigenvalue weighted by atomic mass is 10.3. The fraction of sp³-hybridized carbons (Fsp3) is 1.00. The Morgan fingerprint density at radius 2 is 2.08 bits per heavy atom. The molecular weight excluding hydrogens is 166 g/mol. The lowest BCUT2D eigenvalue weighted by Gasteiger charge is -2.11. The van der Waals surface area contributed by atoms with Crippen molar-refractivity contribution in [1.29, 1.82) is 0 Å². The Balaban J connectivity index is 1.78. The van der Waals surface area contributed by atoms with Crippen molar-refractivity contribution in [3.63, 3.8) is 0 Å². The van der Waals surface area contributed by atoms with Gasteiger partial charge in [-0.25, -0.2) is 5.48 Å². The number of rotatable bonds is 7. The van der Waals surface area contributed by atoms with Crippen molar-refractivity contribution in [2.45, 2.75) is 45.1 Å². The van der Waals surface area contributed by atoms with E-state index in [1.807, 2.05) is 6.92 Å². The van der Waals surface area contributed by atoms with Crippen LogP contribution in [-0.4, -0.2) is 25.9 Å². The summed E-state index contributed by atoms with van der Waals surface area (Å²) in [5.74, 6) is 0. The predicted molar refractivity (Wildman–Crippen MR) is 52.5 cm³/mol. The van der Waals surface area contributed by atoms with E-state index >= 15 is 0 Å². The van der Waals surface area contributed by atoms with Crippen LogP contribution >= 0.6 is 0 Å². The lowest BCUT2D eigenvalue weighted by Crippen LogP contribution is -2.23. The molecule has 3 heteroatoms. The predicted octanol–water partition coefficient (Wildman–Crippen LogP) is 1.88. The van der Waals surface area contributed by atoms with E-state index in [0.29, 0.717) is 6.10 Å². The molecule has 1 fully saturated rings. The number of hydrogen-bond acceptors (Lipinski definition) is 3. The second-order valence-electron chi connectivity index (χ2n) is 3.47. The molecule has 0 atom stereocenters. The third-order valence-electron chi connectivity index (χ3n) is 2.32. The average molecular weight is 187 g/mol. The van der Waals surface area contributed by atoms with Crippen molar-refractivity contribution in [1.82, 2.24) is 5.48 Å². The summed E-state index contributed by atoms with van der Waals surface area (Å²) in [5, 5.41) is 0. The molecule has 13 heavy (non-hydrogen) atoms. The monoisotopic (exact) mass is 187 g/mol. The Morgan fingerprint density at radius 3 is 2.77 bits per heavy atom. The molecule has 1 rings (SSSR count). The SMILES string of the molecule is CCOCCCNOC1CCCC1. The normalized spacial score (nSPS) is 18.2. The summed E-state index contributed by atoms with van der Waals surface area (Å²) in [4.78, 5) is 5.48. The van der Waals surface area contributed by atoms with Crippen molar-refractivity contribution in [3.05, 3.63) is 0 Å². The fourth-order valence-corrected chi connectivity index (χ4v) is 1.57. The molecule has 0 spiro atoms. The molecule has 3 nitrogen and oxygen atoms in total. The Labute approximate surface area is 80.7 Å². The smallest absolute Gasteiger partial charge is 0.0790 e. The minimum Gasteiger partial charge on any atom is -0.382 e. The van der Waals surface area contributed by atoms with E-state index in [0.717, 1.165) is 26.2 Å². The van der Waals surface area contributed by atoms with Gasteiger partial charge >= 0.3 is 0 Å². The molecular formula is C10H21NO2. The van der Waals surface area contributed by atoms with Gasteiger partial charge in [-0.2, -0.15) is 0 Å². The van der Waals surface area contributed by atoms with E-state index in [-0.39, 0.29) is 0 Å². The van der Waals surface area contributed by atoms with Gasteiger partial charge in [-0.05, 0) is 26.2 Å². The summed E-state index contributed by atoms with van der Waals surface area (Å²) in [7, 11) is 0. The maximum atomic E-state index is 5.48. The Hall–Kier alpha value is -0.120. The molecule has 0 aliphatic heterocycles. The molecule has 0 saturated heterocycles. The van der Waals surface area contributed by atoms with Crippen molar-refractivity contribution in [2.75, 3.05) is 19.8 Å². The van der Waals surface area contributed by atoms with Crippen LogP contribution in [-0.2, 0) is 9.57 Å². The molecule has 0 unspecified atom stereocenters. The van der Waals surface area contributed by atoms with Gasteiger partial charge in [0.25, 0.3) is 0 Å². The van der Waals surface area contributed by atoms with Gasteiger partial charge in [0.2, 0.25) is 0 Å². The van der Waals surface area contributed by atoms with Gasteiger partial charge < -0.3 is 4.74 Å². The third-order valence-corrected chi connectivity index (χ3v) is 2.32. The maximum Gasteiger partial charge on any atom is 0.0790 e. The number of hydrogen-bond donors (Lipinski definition) is 1. The van der Waals surface area contributed by atoms with Gasteiger partial charge in [0.15, 0.2) is 0 Å². The zero-order valence-electron chi connectivity index (χ0n) is 8.55. The molecule has 0 amide bonds. The highest BCUT2D eigenvalue weighted by molar-refractivity contribution is 4.65. The molecule has 0 aromatic rings. The molecule has 0 radical (unpaired) electrons. The van der Waals surface area contributed by atoms with Gasteiger partial charge in [0.1, 0.15) is 0 Å². The molecule has 0 aromatic carbocycles. The minimum atomic E-state index is 0.465. The lowest BCUT2D eigenvalue weighted by molar-refractivity contribution is -0.0235. The number of nitrogens with one attached hydrogen (secondary N) is 1. The molecule has 1 aliphatic rings. The van der Waals surface area contributed by atoms with Crippen molar-refractivity contribution < 1.29 is 9.57 Å². The topological polar surface area (TPSA) is 30.5 Å². The van der Waals surface area contributed by atoms with Crippen LogP contribution in [0.3, 0.4) is 0 Å². The minimum absolute atomic E-state index is 0.465. The van der Waals surface area contributed by atoms with Crippen LogP contribution in [0.25, 0.3) is 0 Å². The second kappa shape index (κ2) is 7.30. The summed E-state index contributed by atoms with van der Waals surface area (Å²) in [6.07, 6.45) is 6.58. The maximum absolute atomic E-state index is 5.48. The molecule has 0 heterocycles. The van der Waals surface area contributed by atoms with E-state index in [1.165, 1.54) is 25.7 Å². The first-order valence-corrected chi connectivity index (χ1v) is 5.39. The summed E-state index contributed by atoms with van der Waals surface area (Å²) in [5.41, 5.74) is 3.01. The van der Waals surface area contributed by atoms with Crippen molar-refractivity contribution in [3.8, 4) is 0 Å². The average Bonchev–Trinajstić information content (AvgIpc) is 2.63. The number of hydroxylamine groups is 1. The molecule has 1 N–H and O–H groups in total. The zero-order valence-corrected chi connectivity index (χ0v) is 8.55. The van der Waals surface area contributed by atoms with Crippen molar-refractivity contribution in [2.24, 2.45) is 0 Å². The fourth-order valence-electron chi connectivity index (χ4n) is 1.57. The van der Waals surface area contributed by atoms with Crippen molar-refractivity contribution >= 4 is 0 Å². The molecule has 78 valence electrons. The highest BCUT2D eigenvalue weighted by Gasteiger charge is 2.14. The van der Waals surface area contributed by atoms with Gasteiger partial charge in [-0.15, -0.1) is 0 Å². The zero-order chi connectivity index (χ0) is 9.36. The van der Waals surface area contributed by atoms with Crippen LogP contribution in [0.2, 0.25) is 0 Å². The third kappa shape index (κ3) is 5.24. The Kier molecular flexibility index (Phi) is 6.15. The van der Waals surface area contributed by atoms with E-state index in [4.69, 9.17) is 9.57 Å². The molecule has 1 saturated carbocycles. The molecule has 1 aliphatic carbocycles. The quantitative estimate of drug-likeness (QED) is 0.487. The van der Waals surface area contributed by atoms with Crippen LogP contribution in [0.5, 0.6) is 0 Å². The summed E-state index contributed by atoms with van der Waals surface area (Å²) in [6, 6.07) is 0. The van der Waals surface area contributed by atoms with E-state index in [1.54, 1.807) is 0 Å². The first-order chi connectivity index (χ1) is 6.43. The number of ether oxygens (including phenoxy) is 1. The summed E-state index contributed by atoms with van der Waals surface area (Å²) >= 11 is 0. The van der Waals surface area contributed by atoms with Gasteiger partial charge in [0.05, 0.1) is 6.10 Å². The molecule has 0 aromatic heterocycles. The first kappa shape index (κ1) is 11.0. The highest BCUT2D eigenvalue weighted by Crippen LogP contribution is 2.19. The highest BCUT2D eigenvalue weighted by atomic mass is 16.7. The van der Waals surface area contributed by atoms with Crippen LogP contribution in [0.1, 0.15) is 39.0 Å². The first-order valence-electron chi connectivity index (χ1n) is 5.39. The standard InChI is InChI=1S/C10H21NO2/c1-2-12-9-5-8-11-13-10-6-3-4-7-10/h10-11H,2-9H2,1H3. The molecule has 0 bridgehead atoms. The van der Waals surface area contributed by atoms with Gasteiger partial charge in [-0.3, -0.25) is 4.84 Å². The van der Waals surface area contributed by atoms with Gasteiger partial charge in [0, 0.05) is 19.8 Å². The Bertz CT molecular complexity index is 113. The second-order valence-corrected chi connectivity index (χ2v) is 3.47. The van der Waals surface area contributed by atoms with Crippen LogP contribution < -0.4 is 5.48 Å². The summed E-state index contributed by atoms with van der Waals surface area (Å²) in [6.45, 7) is 4.56. The van der Waals surface area contributed by atoms with Crippen LogP contribution in [0.4, 0.5) is 0 Å². The largest absolute Gasteiger partial charge is 0.382 e. The summed E-state index contributed by atoms with van der Waals surface area (Å²) < 4.78 is 5.21. The van der Waals surface area contributed by atoms with Gasteiger partial charge in [-0.1, -0.05) is 12.8 Å². The van der Waals surface area contributed by atoms with E-state index < -0.39 is 0 Å². The van der Waals surface area contributed by atoms with E-state index in [9.17, 15) is 0 Å². The van der Waals surface area contributed by atoms with Crippen LogP contribution in [0.15, 0.2) is 0 Å².